The molecule has 1 unspecified atom stereocenters. The van der Waals surface area contributed by atoms with Gasteiger partial charge in [-0.1, -0.05) is 0 Å². The Morgan fingerprint density at radius 3 is 2.58 bits per heavy atom. The van der Waals surface area contributed by atoms with Crippen molar-refractivity contribution >= 4 is 18.5 Å². The average Bonchev–Trinajstić information content (AvgIpc) is 2.60. The van der Waals surface area contributed by atoms with Gasteiger partial charge in [-0.15, -0.1) is 12.4 Å². The fourth-order valence-corrected chi connectivity index (χ4v) is 2.76. The minimum Gasteiger partial charge on any atom is -0.444 e. The molecule has 2 heterocycles. The minimum absolute atomic E-state index is 0. The monoisotopic (exact) mass is 292 g/mol. The molecular weight excluding hydrogens is 268 g/mol. The Labute approximate surface area is 121 Å². The molecule has 1 spiro atoms. The van der Waals surface area contributed by atoms with Gasteiger partial charge in [0.2, 0.25) is 0 Å². The van der Waals surface area contributed by atoms with Crippen molar-refractivity contribution in [3.8, 4) is 0 Å². The topological polar surface area (TPSA) is 59.6 Å². The predicted molar refractivity (Wildman–Crippen MR) is 75.8 cm³/mol. The van der Waals surface area contributed by atoms with Crippen LogP contribution in [0.5, 0.6) is 0 Å². The van der Waals surface area contributed by atoms with Crippen LogP contribution in [-0.2, 0) is 9.47 Å². The van der Waals surface area contributed by atoms with Gasteiger partial charge in [0.25, 0.3) is 0 Å². The molecule has 2 aliphatic heterocycles. The lowest BCUT2D eigenvalue weighted by Crippen LogP contribution is -2.50. The quantitative estimate of drug-likeness (QED) is 0.772. The van der Waals surface area contributed by atoms with Crippen LogP contribution in [-0.4, -0.2) is 44.0 Å². The van der Waals surface area contributed by atoms with Gasteiger partial charge in [-0.05, 0) is 33.6 Å². The first-order chi connectivity index (χ1) is 8.41. The van der Waals surface area contributed by atoms with Gasteiger partial charge in [-0.3, -0.25) is 0 Å². The molecule has 2 N–H and O–H groups in total. The van der Waals surface area contributed by atoms with E-state index in [1.165, 1.54) is 0 Å². The summed E-state index contributed by atoms with van der Waals surface area (Å²) in [5.74, 6) is 0. The van der Waals surface area contributed by atoms with Gasteiger partial charge in [-0.2, -0.15) is 0 Å². The number of hydrogen-bond donors (Lipinski definition) is 2. The van der Waals surface area contributed by atoms with Crippen LogP contribution in [0.3, 0.4) is 0 Å². The van der Waals surface area contributed by atoms with Crippen LogP contribution in [0.15, 0.2) is 0 Å². The summed E-state index contributed by atoms with van der Waals surface area (Å²) in [5, 5.41) is 6.39. The van der Waals surface area contributed by atoms with Crippen LogP contribution >= 0.6 is 12.4 Å². The van der Waals surface area contributed by atoms with Crippen LogP contribution in [0.25, 0.3) is 0 Å². The Balaban J connectivity index is 0.00000180. The van der Waals surface area contributed by atoms with E-state index < -0.39 is 5.60 Å². The van der Waals surface area contributed by atoms with Crippen molar-refractivity contribution in [3.63, 3.8) is 0 Å². The molecular formula is C13H25ClN2O3. The number of rotatable bonds is 1. The third-order valence-electron chi connectivity index (χ3n) is 3.74. The third-order valence-corrected chi connectivity index (χ3v) is 3.74. The second kappa shape index (κ2) is 6.29. The molecule has 0 aromatic heterocycles. The Bertz CT molecular complexity index is 312. The van der Waals surface area contributed by atoms with Crippen LogP contribution in [0.2, 0.25) is 0 Å². The van der Waals surface area contributed by atoms with Crippen molar-refractivity contribution in [1.29, 1.82) is 0 Å². The van der Waals surface area contributed by atoms with Crippen molar-refractivity contribution in [2.45, 2.75) is 45.3 Å². The molecule has 112 valence electrons. The van der Waals surface area contributed by atoms with Gasteiger partial charge in [-0.25, -0.2) is 4.79 Å². The standard InChI is InChI=1S/C13H24N2O3.ClH/c1-12(2,3)18-11(16)15-10-8-14-9-13(10)4-6-17-7-5-13;/h10,14H,4-9H2,1-3H3,(H,15,16);1H. The maximum Gasteiger partial charge on any atom is 0.407 e. The lowest BCUT2D eigenvalue weighted by Gasteiger charge is -2.38. The summed E-state index contributed by atoms with van der Waals surface area (Å²) >= 11 is 0. The maximum absolute atomic E-state index is 11.8. The molecule has 0 radical (unpaired) electrons. The van der Waals surface area contributed by atoms with Crippen molar-refractivity contribution in [2.75, 3.05) is 26.3 Å². The molecule has 0 aliphatic carbocycles. The fourth-order valence-electron chi connectivity index (χ4n) is 2.76. The van der Waals surface area contributed by atoms with Gasteiger partial charge in [0.15, 0.2) is 0 Å². The highest BCUT2D eigenvalue weighted by molar-refractivity contribution is 5.85. The number of halogens is 1. The SMILES string of the molecule is CC(C)(C)OC(=O)NC1CNCC12CCOCC2.Cl. The molecule has 0 bridgehead atoms. The van der Waals surface area contributed by atoms with E-state index in [1.54, 1.807) is 0 Å². The van der Waals surface area contributed by atoms with E-state index in [9.17, 15) is 4.79 Å². The summed E-state index contributed by atoms with van der Waals surface area (Å²) in [6.45, 7) is 8.98. The summed E-state index contributed by atoms with van der Waals surface area (Å²) in [6.07, 6.45) is 1.68. The number of amides is 1. The molecule has 2 rings (SSSR count). The van der Waals surface area contributed by atoms with E-state index >= 15 is 0 Å². The lowest BCUT2D eigenvalue weighted by molar-refractivity contribution is 0.00589. The van der Waals surface area contributed by atoms with E-state index in [-0.39, 0.29) is 30.0 Å². The van der Waals surface area contributed by atoms with E-state index in [2.05, 4.69) is 10.6 Å². The fraction of sp³-hybridized carbons (Fsp3) is 0.923. The largest absolute Gasteiger partial charge is 0.444 e. The van der Waals surface area contributed by atoms with Gasteiger partial charge >= 0.3 is 6.09 Å². The lowest BCUT2D eigenvalue weighted by atomic mass is 9.76. The highest BCUT2D eigenvalue weighted by atomic mass is 35.5. The maximum atomic E-state index is 11.8. The number of ether oxygens (including phenoxy) is 2. The number of nitrogens with one attached hydrogen (secondary N) is 2. The molecule has 1 atom stereocenters. The highest BCUT2D eigenvalue weighted by Gasteiger charge is 2.45. The smallest absolute Gasteiger partial charge is 0.407 e. The minimum atomic E-state index is -0.445. The second-order valence-electron chi connectivity index (χ2n) is 6.30. The normalized spacial score (nSPS) is 25.7. The summed E-state index contributed by atoms with van der Waals surface area (Å²) in [4.78, 5) is 11.8. The summed E-state index contributed by atoms with van der Waals surface area (Å²) < 4.78 is 10.7. The van der Waals surface area contributed by atoms with E-state index in [1.807, 2.05) is 20.8 Å². The van der Waals surface area contributed by atoms with Crippen molar-refractivity contribution in [1.82, 2.24) is 10.6 Å². The van der Waals surface area contributed by atoms with Crippen LogP contribution in [0, 0.1) is 5.41 Å². The molecule has 6 heteroatoms. The average molecular weight is 293 g/mol. The molecule has 0 aromatic carbocycles. The van der Waals surface area contributed by atoms with Crippen LogP contribution in [0.4, 0.5) is 4.79 Å². The Kier molecular flexibility index (Phi) is 5.47. The first kappa shape index (κ1) is 16.5. The Hall–Kier alpha value is -0.520. The predicted octanol–water partition coefficient (Wildman–Crippen LogP) is 1.70. The van der Waals surface area contributed by atoms with Gasteiger partial charge in [0.05, 0.1) is 6.04 Å². The molecule has 5 nitrogen and oxygen atoms in total. The molecule has 2 saturated heterocycles. The van der Waals surface area contributed by atoms with E-state index in [4.69, 9.17) is 9.47 Å². The van der Waals surface area contributed by atoms with Crippen molar-refractivity contribution in [3.05, 3.63) is 0 Å². The number of carbonyl (C=O) groups is 1. The first-order valence-electron chi connectivity index (χ1n) is 6.69. The van der Waals surface area contributed by atoms with Crippen LogP contribution in [0.1, 0.15) is 33.6 Å². The zero-order valence-corrected chi connectivity index (χ0v) is 12.8. The Morgan fingerprint density at radius 2 is 2.00 bits per heavy atom. The first-order valence-corrected chi connectivity index (χ1v) is 6.69. The molecule has 0 aromatic rings. The molecule has 0 saturated carbocycles. The van der Waals surface area contributed by atoms with Crippen molar-refractivity contribution in [2.24, 2.45) is 5.41 Å². The third kappa shape index (κ3) is 4.23. The molecule has 2 fully saturated rings. The summed E-state index contributed by atoms with van der Waals surface area (Å²) in [7, 11) is 0. The van der Waals surface area contributed by atoms with Crippen LogP contribution < -0.4 is 10.6 Å². The van der Waals surface area contributed by atoms with Gasteiger partial charge in [0.1, 0.15) is 5.60 Å². The second-order valence-corrected chi connectivity index (χ2v) is 6.30. The number of hydrogen-bond acceptors (Lipinski definition) is 4. The van der Waals surface area contributed by atoms with Gasteiger partial charge < -0.3 is 20.1 Å². The van der Waals surface area contributed by atoms with Gasteiger partial charge in [0, 0.05) is 31.7 Å². The molecule has 19 heavy (non-hydrogen) atoms. The molecule has 2 aliphatic rings. The zero-order chi connectivity index (χ0) is 13.2. The zero-order valence-electron chi connectivity index (χ0n) is 12.0. The highest BCUT2D eigenvalue weighted by Crippen LogP contribution is 2.36. The van der Waals surface area contributed by atoms with E-state index in [0.29, 0.717) is 0 Å². The Morgan fingerprint density at radius 1 is 1.37 bits per heavy atom. The molecule has 1 amide bonds. The van der Waals surface area contributed by atoms with E-state index in [0.717, 1.165) is 39.1 Å². The van der Waals surface area contributed by atoms with Crippen molar-refractivity contribution < 1.29 is 14.3 Å². The summed E-state index contributed by atoms with van der Waals surface area (Å²) in [5.41, 5.74) is -0.298. The number of alkyl carbamates (subject to hydrolysis) is 1. The summed E-state index contributed by atoms with van der Waals surface area (Å²) in [6, 6.07) is 0.149. The number of carbonyl (C=O) groups excluding carboxylic acids is 1.